The van der Waals surface area contributed by atoms with Gasteiger partial charge in [0.25, 0.3) is 5.69 Å². The van der Waals surface area contributed by atoms with E-state index in [1.807, 2.05) is 19.1 Å². The van der Waals surface area contributed by atoms with Crippen LogP contribution < -0.4 is 11.1 Å². The molecule has 1 unspecified atom stereocenters. The van der Waals surface area contributed by atoms with Gasteiger partial charge in [0.15, 0.2) is 0 Å². The zero-order chi connectivity index (χ0) is 14.7. The van der Waals surface area contributed by atoms with E-state index in [2.05, 4.69) is 10.3 Å². The first-order valence-electron chi connectivity index (χ1n) is 5.89. The maximum atomic E-state index is 10.8. The van der Waals surface area contributed by atoms with E-state index in [9.17, 15) is 10.1 Å². The number of nitrogens with one attached hydrogen (secondary N) is 1. The molecule has 20 heavy (non-hydrogen) atoms. The number of nitrogens with two attached hydrogens (primary N) is 1. The molecule has 1 heterocycles. The van der Waals surface area contributed by atoms with Crippen LogP contribution in [0, 0.1) is 10.1 Å². The van der Waals surface area contributed by atoms with Crippen LogP contribution in [0.1, 0.15) is 18.5 Å². The zero-order valence-corrected chi connectivity index (χ0v) is 11.5. The summed E-state index contributed by atoms with van der Waals surface area (Å²) in [5, 5.41) is 14.5. The summed E-state index contributed by atoms with van der Waals surface area (Å²) in [5.41, 5.74) is 6.45. The summed E-state index contributed by atoms with van der Waals surface area (Å²) in [6, 6.07) is 9.80. The maximum Gasteiger partial charge on any atom is 0.276 e. The summed E-state index contributed by atoms with van der Waals surface area (Å²) in [6.07, 6.45) is 0. The third-order valence-electron chi connectivity index (χ3n) is 2.78. The molecule has 0 amide bonds. The van der Waals surface area contributed by atoms with Gasteiger partial charge in [-0.2, -0.15) is 0 Å². The van der Waals surface area contributed by atoms with Crippen molar-refractivity contribution in [2.45, 2.75) is 13.0 Å². The van der Waals surface area contributed by atoms with E-state index in [1.54, 1.807) is 12.1 Å². The van der Waals surface area contributed by atoms with E-state index in [-0.39, 0.29) is 17.5 Å². The van der Waals surface area contributed by atoms with Crippen molar-refractivity contribution in [3.05, 3.63) is 57.1 Å². The molecule has 0 bridgehead atoms. The minimum Gasteiger partial charge on any atom is -0.383 e. The summed E-state index contributed by atoms with van der Waals surface area (Å²) in [7, 11) is 0. The van der Waals surface area contributed by atoms with Crippen molar-refractivity contribution in [2.24, 2.45) is 0 Å². The Balaban J connectivity index is 2.21. The number of anilines is 2. The third-order valence-corrected chi connectivity index (χ3v) is 3.03. The van der Waals surface area contributed by atoms with Gasteiger partial charge in [0.2, 0.25) is 0 Å². The standard InChI is InChI=1S/C13H13ClN4O2/c1-8(9-2-4-10(14)5-3-9)16-13-7-11(18(19)20)6-12(15)17-13/h2-8H,1H3,(H3,15,16,17). The molecule has 0 saturated heterocycles. The number of nitro groups is 1. The van der Waals surface area contributed by atoms with Gasteiger partial charge in [-0.15, -0.1) is 0 Å². The van der Waals surface area contributed by atoms with Crippen molar-refractivity contribution in [1.29, 1.82) is 0 Å². The largest absolute Gasteiger partial charge is 0.383 e. The second-order valence-electron chi connectivity index (χ2n) is 4.31. The van der Waals surface area contributed by atoms with E-state index < -0.39 is 4.92 Å². The SMILES string of the molecule is CC(Nc1cc([N+](=O)[O-])cc(N)n1)c1ccc(Cl)cc1. The molecule has 104 valence electrons. The zero-order valence-electron chi connectivity index (χ0n) is 10.7. The Morgan fingerprint density at radius 3 is 2.60 bits per heavy atom. The molecule has 0 radical (unpaired) electrons. The Morgan fingerprint density at radius 1 is 1.35 bits per heavy atom. The fraction of sp³-hybridized carbons (Fsp3) is 0.154. The molecule has 3 N–H and O–H groups in total. The van der Waals surface area contributed by atoms with Crippen LogP contribution in [-0.2, 0) is 0 Å². The first kappa shape index (κ1) is 14.1. The summed E-state index contributed by atoms with van der Waals surface area (Å²) in [5.74, 6) is 0.462. The highest BCUT2D eigenvalue weighted by Crippen LogP contribution is 2.23. The van der Waals surface area contributed by atoms with Crippen LogP contribution in [0.3, 0.4) is 0 Å². The molecule has 0 saturated carbocycles. The Hall–Kier alpha value is -2.34. The van der Waals surface area contributed by atoms with Crippen LogP contribution in [0.25, 0.3) is 0 Å². The summed E-state index contributed by atoms with van der Waals surface area (Å²) < 4.78 is 0. The van der Waals surface area contributed by atoms with Crippen molar-refractivity contribution in [3.63, 3.8) is 0 Å². The lowest BCUT2D eigenvalue weighted by molar-refractivity contribution is -0.384. The van der Waals surface area contributed by atoms with Crippen molar-refractivity contribution in [3.8, 4) is 0 Å². The summed E-state index contributed by atoms with van der Waals surface area (Å²) >= 11 is 5.83. The van der Waals surface area contributed by atoms with E-state index >= 15 is 0 Å². The molecular weight excluding hydrogens is 280 g/mol. The average Bonchev–Trinajstić information content (AvgIpc) is 2.38. The fourth-order valence-electron chi connectivity index (χ4n) is 1.77. The quantitative estimate of drug-likeness (QED) is 0.665. The lowest BCUT2D eigenvalue weighted by Crippen LogP contribution is -2.09. The van der Waals surface area contributed by atoms with Crippen LogP contribution in [0.5, 0.6) is 0 Å². The Labute approximate surface area is 120 Å². The highest BCUT2D eigenvalue weighted by Gasteiger charge is 2.12. The predicted molar refractivity (Wildman–Crippen MR) is 78.8 cm³/mol. The minimum absolute atomic E-state index is 0.0822. The molecule has 1 atom stereocenters. The molecule has 0 fully saturated rings. The lowest BCUT2D eigenvalue weighted by atomic mass is 10.1. The molecule has 2 aromatic rings. The highest BCUT2D eigenvalue weighted by molar-refractivity contribution is 6.30. The average molecular weight is 293 g/mol. The number of nitrogen functional groups attached to an aromatic ring is 1. The Bertz CT molecular complexity index is 631. The molecule has 0 aliphatic carbocycles. The number of hydrogen-bond donors (Lipinski definition) is 2. The van der Waals surface area contributed by atoms with Crippen LogP contribution in [0.15, 0.2) is 36.4 Å². The maximum absolute atomic E-state index is 10.8. The van der Waals surface area contributed by atoms with Crippen molar-refractivity contribution >= 4 is 28.9 Å². The highest BCUT2D eigenvalue weighted by atomic mass is 35.5. The van der Waals surface area contributed by atoms with Gasteiger partial charge in [-0.3, -0.25) is 10.1 Å². The Morgan fingerprint density at radius 2 is 2.00 bits per heavy atom. The molecule has 2 rings (SSSR count). The fourth-order valence-corrected chi connectivity index (χ4v) is 1.90. The van der Waals surface area contributed by atoms with E-state index in [0.717, 1.165) is 5.56 Å². The molecular formula is C13H13ClN4O2. The van der Waals surface area contributed by atoms with Gasteiger partial charge in [-0.05, 0) is 24.6 Å². The molecule has 0 aliphatic heterocycles. The van der Waals surface area contributed by atoms with Gasteiger partial charge in [0.05, 0.1) is 17.1 Å². The monoisotopic (exact) mass is 292 g/mol. The van der Waals surface area contributed by atoms with E-state index in [4.69, 9.17) is 17.3 Å². The first-order valence-corrected chi connectivity index (χ1v) is 6.27. The van der Waals surface area contributed by atoms with Crippen molar-refractivity contribution in [1.82, 2.24) is 4.98 Å². The van der Waals surface area contributed by atoms with Gasteiger partial charge in [-0.25, -0.2) is 4.98 Å². The van der Waals surface area contributed by atoms with E-state index in [0.29, 0.717) is 10.8 Å². The molecule has 0 spiro atoms. The number of halogens is 1. The molecule has 0 aliphatic rings. The topological polar surface area (TPSA) is 94.1 Å². The van der Waals surface area contributed by atoms with Gasteiger partial charge in [-0.1, -0.05) is 23.7 Å². The smallest absolute Gasteiger partial charge is 0.276 e. The van der Waals surface area contributed by atoms with Crippen molar-refractivity contribution < 1.29 is 4.92 Å². The van der Waals surface area contributed by atoms with E-state index in [1.165, 1.54) is 12.1 Å². The first-order chi connectivity index (χ1) is 9.45. The van der Waals surface area contributed by atoms with Gasteiger partial charge >= 0.3 is 0 Å². The second-order valence-corrected chi connectivity index (χ2v) is 4.75. The van der Waals surface area contributed by atoms with Crippen LogP contribution >= 0.6 is 11.6 Å². The van der Waals surface area contributed by atoms with Crippen molar-refractivity contribution in [2.75, 3.05) is 11.1 Å². The third kappa shape index (κ3) is 3.36. The number of rotatable bonds is 4. The lowest BCUT2D eigenvalue weighted by Gasteiger charge is -2.15. The summed E-state index contributed by atoms with van der Waals surface area (Å²) in [4.78, 5) is 14.3. The minimum atomic E-state index is -0.504. The van der Waals surface area contributed by atoms with Gasteiger partial charge in [0, 0.05) is 11.1 Å². The number of aromatic nitrogens is 1. The van der Waals surface area contributed by atoms with Crippen LogP contribution in [0.2, 0.25) is 5.02 Å². The molecule has 7 heteroatoms. The second kappa shape index (κ2) is 5.75. The number of benzene rings is 1. The normalized spacial score (nSPS) is 11.9. The van der Waals surface area contributed by atoms with Crippen LogP contribution in [-0.4, -0.2) is 9.91 Å². The number of hydrogen-bond acceptors (Lipinski definition) is 5. The van der Waals surface area contributed by atoms with Gasteiger partial charge in [0.1, 0.15) is 11.6 Å². The number of nitrogens with zero attached hydrogens (tertiary/aromatic N) is 2. The summed E-state index contributed by atoms with van der Waals surface area (Å²) in [6.45, 7) is 1.92. The molecule has 6 nitrogen and oxygen atoms in total. The predicted octanol–water partition coefficient (Wildman–Crippen LogP) is 3.40. The molecule has 1 aromatic heterocycles. The van der Waals surface area contributed by atoms with Gasteiger partial charge < -0.3 is 11.1 Å². The van der Waals surface area contributed by atoms with Crippen LogP contribution in [0.4, 0.5) is 17.3 Å². The molecule has 1 aromatic carbocycles. The number of pyridine rings is 1. The Kier molecular flexibility index (Phi) is 4.05.